The average Bonchev–Trinajstić information content (AvgIpc) is 2.01. The van der Waals surface area contributed by atoms with Gasteiger partial charge in [0.15, 0.2) is 5.78 Å². The van der Waals surface area contributed by atoms with Gasteiger partial charge in [-0.05, 0) is 19.4 Å². The largest absolute Gasteiger partial charge is 0.480 e. The highest BCUT2D eigenvalue weighted by Gasteiger charge is 2.37. The van der Waals surface area contributed by atoms with E-state index in [1.165, 1.54) is 13.8 Å². The molecular formula is C9H12O3. The normalized spacial score (nSPS) is 14.5. The van der Waals surface area contributed by atoms with Gasteiger partial charge >= 0.3 is 5.97 Å². The van der Waals surface area contributed by atoms with E-state index in [0.29, 0.717) is 0 Å². The summed E-state index contributed by atoms with van der Waals surface area (Å²) in [7, 11) is 0. The first-order chi connectivity index (χ1) is 5.36. The summed E-state index contributed by atoms with van der Waals surface area (Å²) in [4.78, 5) is 22.0. The van der Waals surface area contributed by atoms with Crippen molar-refractivity contribution in [2.45, 2.75) is 13.8 Å². The highest BCUT2D eigenvalue weighted by molar-refractivity contribution is 6.12. The summed E-state index contributed by atoms with van der Waals surface area (Å²) >= 11 is 0. The second kappa shape index (κ2) is 3.34. The highest BCUT2D eigenvalue weighted by Crippen LogP contribution is 2.22. The molecule has 0 saturated heterocycles. The van der Waals surface area contributed by atoms with Crippen LogP contribution < -0.4 is 0 Å². The Labute approximate surface area is 71.4 Å². The molecule has 1 unspecified atom stereocenters. The maximum absolute atomic E-state index is 11.3. The number of carbonyl (C=O) groups is 2. The van der Waals surface area contributed by atoms with Crippen molar-refractivity contribution < 1.29 is 14.7 Å². The van der Waals surface area contributed by atoms with Crippen LogP contribution in [0.5, 0.6) is 0 Å². The number of rotatable bonds is 4. The van der Waals surface area contributed by atoms with E-state index in [4.69, 9.17) is 5.11 Å². The lowest BCUT2D eigenvalue weighted by Gasteiger charge is -2.18. The smallest absolute Gasteiger partial charge is 0.321 e. The third kappa shape index (κ3) is 1.61. The SMILES string of the molecule is C=CC(C)(C(=O)O)C(=O)C(=C)C. The van der Waals surface area contributed by atoms with Gasteiger partial charge in [-0.2, -0.15) is 0 Å². The number of carbonyl (C=O) groups excluding carboxylic acids is 1. The fraction of sp³-hybridized carbons (Fsp3) is 0.333. The number of carboxylic acids is 1. The van der Waals surface area contributed by atoms with Crippen LogP contribution in [0.15, 0.2) is 24.8 Å². The summed E-state index contributed by atoms with van der Waals surface area (Å²) in [5, 5.41) is 8.72. The van der Waals surface area contributed by atoms with Crippen molar-refractivity contribution in [3.8, 4) is 0 Å². The summed E-state index contributed by atoms with van der Waals surface area (Å²) in [5.41, 5.74) is -1.31. The number of aliphatic carboxylic acids is 1. The van der Waals surface area contributed by atoms with Crippen molar-refractivity contribution >= 4 is 11.8 Å². The fourth-order valence-electron chi connectivity index (χ4n) is 0.720. The number of ketones is 1. The molecule has 0 aromatic rings. The van der Waals surface area contributed by atoms with Gasteiger partial charge in [-0.15, -0.1) is 6.58 Å². The molecule has 66 valence electrons. The maximum atomic E-state index is 11.3. The Morgan fingerprint density at radius 2 is 1.92 bits per heavy atom. The molecule has 0 rings (SSSR count). The van der Waals surface area contributed by atoms with Crippen LogP contribution in [0.2, 0.25) is 0 Å². The Balaban J connectivity index is 5.02. The van der Waals surface area contributed by atoms with E-state index in [-0.39, 0.29) is 5.57 Å². The van der Waals surface area contributed by atoms with Gasteiger partial charge in [0.05, 0.1) is 0 Å². The van der Waals surface area contributed by atoms with Gasteiger partial charge in [-0.1, -0.05) is 12.7 Å². The van der Waals surface area contributed by atoms with E-state index in [9.17, 15) is 9.59 Å². The molecule has 0 aromatic heterocycles. The monoisotopic (exact) mass is 168 g/mol. The molecule has 3 heteroatoms. The van der Waals surface area contributed by atoms with Crippen LogP contribution >= 0.6 is 0 Å². The molecule has 0 heterocycles. The molecule has 3 nitrogen and oxygen atoms in total. The zero-order chi connectivity index (χ0) is 9.94. The number of hydrogen-bond acceptors (Lipinski definition) is 2. The molecule has 0 aliphatic carbocycles. The van der Waals surface area contributed by atoms with Crippen molar-refractivity contribution in [2.24, 2.45) is 5.41 Å². The van der Waals surface area contributed by atoms with Gasteiger partial charge in [0.25, 0.3) is 0 Å². The highest BCUT2D eigenvalue weighted by atomic mass is 16.4. The summed E-state index contributed by atoms with van der Waals surface area (Å²) < 4.78 is 0. The minimum absolute atomic E-state index is 0.222. The van der Waals surface area contributed by atoms with Crippen molar-refractivity contribution in [3.05, 3.63) is 24.8 Å². The fourth-order valence-corrected chi connectivity index (χ4v) is 0.720. The third-order valence-corrected chi connectivity index (χ3v) is 1.71. The van der Waals surface area contributed by atoms with E-state index in [1.807, 2.05) is 0 Å². The van der Waals surface area contributed by atoms with Crippen LogP contribution in [0, 0.1) is 5.41 Å². The first-order valence-electron chi connectivity index (χ1n) is 3.43. The summed E-state index contributed by atoms with van der Waals surface area (Å²) in [6, 6.07) is 0. The number of allylic oxidation sites excluding steroid dienone is 1. The van der Waals surface area contributed by atoms with Crippen LogP contribution in [0.3, 0.4) is 0 Å². The second-order valence-corrected chi connectivity index (χ2v) is 2.82. The Morgan fingerprint density at radius 1 is 1.50 bits per heavy atom. The van der Waals surface area contributed by atoms with Crippen molar-refractivity contribution in [1.29, 1.82) is 0 Å². The lowest BCUT2D eigenvalue weighted by Crippen LogP contribution is -2.34. The molecule has 12 heavy (non-hydrogen) atoms. The lowest BCUT2D eigenvalue weighted by atomic mass is 9.83. The topological polar surface area (TPSA) is 54.4 Å². The minimum Gasteiger partial charge on any atom is -0.480 e. The molecular weight excluding hydrogens is 156 g/mol. The molecule has 0 saturated carbocycles. The molecule has 0 radical (unpaired) electrons. The quantitative estimate of drug-likeness (QED) is 0.392. The molecule has 0 fully saturated rings. The zero-order valence-electron chi connectivity index (χ0n) is 7.26. The Kier molecular flexibility index (Phi) is 2.96. The van der Waals surface area contributed by atoms with Gasteiger partial charge in [0.1, 0.15) is 5.41 Å². The van der Waals surface area contributed by atoms with Gasteiger partial charge in [-0.25, -0.2) is 0 Å². The minimum atomic E-state index is -1.54. The molecule has 0 aliphatic rings. The summed E-state index contributed by atoms with van der Waals surface area (Å²) in [6.07, 6.45) is 1.12. The molecule has 1 N–H and O–H groups in total. The van der Waals surface area contributed by atoms with Crippen LogP contribution in [0.4, 0.5) is 0 Å². The van der Waals surface area contributed by atoms with E-state index in [1.54, 1.807) is 0 Å². The molecule has 0 spiro atoms. The van der Waals surface area contributed by atoms with Crippen molar-refractivity contribution in [2.75, 3.05) is 0 Å². The molecule has 0 bridgehead atoms. The predicted molar refractivity (Wildman–Crippen MR) is 45.8 cm³/mol. The van der Waals surface area contributed by atoms with Crippen molar-refractivity contribution in [1.82, 2.24) is 0 Å². The molecule has 0 aromatic carbocycles. The average molecular weight is 168 g/mol. The zero-order valence-corrected chi connectivity index (χ0v) is 7.26. The van der Waals surface area contributed by atoms with Crippen LogP contribution in [0.25, 0.3) is 0 Å². The predicted octanol–water partition coefficient (Wildman–Crippen LogP) is 1.41. The first kappa shape index (κ1) is 10.6. The Hall–Kier alpha value is -1.38. The van der Waals surface area contributed by atoms with E-state index >= 15 is 0 Å². The number of hydrogen-bond donors (Lipinski definition) is 1. The lowest BCUT2D eigenvalue weighted by molar-refractivity contribution is -0.149. The summed E-state index contributed by atoms with van der Waals surface area (Å²) in [5.74, 6) is -1.71. The van der Waals surface area contributed by atoms with E-state index < -0.39 is 17.2 Å². The summed E-state index contributed by atoms with van der Waals surface area (Å²) in [6.45, 7) is 9.49. The maximum Gasteiger partial charge on any atom is 0.321 e. The van der Waals surface area contributed by atoms with Gasteiger partial charge in [0, 0.05) is 0 Å². The van der Waals surface area contributed by atoms with Gasteiger partial charge < -0.3 is 5.11 Å². The van der Waals surface area contributed by atoms with Crippen molar-refractivity contribution in [3.63, 3.8) is 0 Å². The van der Waals surface area contributed by atoms with Gasteiger partial charge in [0.2, 0.25) is 0 Å². The van der Waals surface area contributed by atoms with E-state index in [0.717, 1.165) is 6.08 Å². The first-order valence-corrected chi connectivity index (χ1v) is 3.43. The Morgan fingerprint density at radius 3 is 2.00 bits per heavy atom. The molecule has 0 amide bonds. The Bertz CT molecular complexity index is 252. The molecule has 0 aliphatic heterocycles. The van der Waals surface area contributed by atoms with Gasteiger partial charge in [-0.3, -0.25) is 9.59 Å². The van der Waals surface area contributed by atoms with E-state index in [2.05, 4.69) is 13.2 Å². The van der Waals surface area contributed by atoms with Crippen LogP contribution in [0.1, 0.15) is 13.8 Å². The number of Topliss-reactive ketones (excluding diaryl/α,β-unsaturated/α-hetero) is 1. The number of carboxylic acid groups (broad SMARTS) is 1. The molecule has 1 atom stereocenters. The van der Waals surface area contributed by atoms with Crippen LogP contribution in [-0.4, -0.2) is 16.9 Å². The third-order valence-electron chi connectivity index (χ3n) is 1.71. The van der Waals surface area contributed by atoms with Crippen LogP contribution in [-0.2, 0) is 9.59 Å². The standard InChI is InChI=1S/C9H12O3/c1-5-9(4,8(11)12)7(10)6(2)3/h5H,1-2H2,3-4H3,(H,11,12). The second-order valence-electron chi connectivity index (χ2n) is 2.82.